The van der Waals surface area contributed by atoms with Gasteiger partial charge in [-0.1, -0.05) is 12.1 Å². The van der Waals surface area contributed by atoms with Gasteiger partial charge in [-0.25, -0.2) is 0 Å². The Balaban J connectivity index is 1.63. The van der Waals surface area contributed by atoms with Gasteiger partial charge in [0.15, 0.2) is 11.9 Å². The van der Waals surface area contributed by atoms with Gasteiger partial charge < -0.3 is 15.2 Å². The second kappa shape index (κ2) is 6.10. The summed E-state index contributed by atoms with van der Waals surface area (Å²) >= 11 is 1.56. The molecule has 7 nitrogen and oxygen atoms in total. The average molecular weight is 319 g/mol. The van der Waals surface area contributed by atoms with Crippen molar-refractivity contribution >= 4 is 29.5 Å². The van der Waals surface area contributed by atoms with E-state index in [4.69, 9.17) is 9.84 Å². The predicted molar refractivity (Wildman–Crippen MR) is 80.1 cm³/mol. The average Bonchev–Trinajstić information content (AvgIpc) is 2.93. The van der Waals surface area contributed by atoms with Crippen LogP contribution in [0.25, 0.3) is 0 Å². The lowest BCUT2D eigenvalue weighted by Gasteiger charge is -2.24. The zero-order chi connectivity index (χ0) is 15.5. The van der Waals surface area contributed by atoms with E-state index in [0.29, 0.717) is 17.3 Å². The Morgan fingerprint density at radius 3 is 3.05 bits per heavy atom. The SMILES string of the molecule is O=C(O)Cn1ccc(NC(=O)[C@H]2CSc3ccccc3O2)n1. The van der Waals surface area contributed by atoms with Crippen molar-refractivity contribution in [1.82, 2.24) is 9.78 Å². The third-order valence-electron chi connectivity index (χ3n) is 2.99. The number of carbonyl (C=O) groups is 2. The molecular weight excluding hydrogens is 306 g/mol. The summed E-state index contributed by atoms with van der Waals surface area (Å²) in [7, 11) is 0. The molecule has 3 rings (SSSR count). The van der Waals surface area contributed by atoms with Crippen molar-refractivity contribution in [3.8, 4) is 5.75 Å². The van der Waals surface area contributed by atoms with Gasteiger partial charge in [-0.2, -0.15) is 5.10 Å². The van der Waals surface area contributed by atoms with Gasteiger partial charge in [0, 0.05) is 22.9 Å². The molecule has 1 atom stereocenters. The molecule has 2 heterocycles. The number of nitrogens with one attached hydrogen (secondary N) is 1. The van der Waals surface area contributed by atoms with Crippen molar-refractivity contribution in [1.29, 1.82) is 0 Å². The number of nitrogens with zero attached hydrogens (tertiary/aromatic N) is 2. The van der Waals surface area contributed by atoms with Crippen molar-refractivity contribution in [3.63, 3.8) is 0 Å². The summed E-state index contributed by atoms with van der Waals surface area (Å²) in [4.78, 5) is 23.8. The maximum atomic E-state index is 12.2. The van der Waals surface area contributed by atoms with Gasteiger partial charge in [0.1, 0.15) is 12.3 Å². The number of hydrogen-bond donors (Lipinski definition) is 2. The Hall–Kier alpha value is -2.48. The summed E-state index contributed by atoms with van der Waals surface area (Å²) in [5.74, 6) is 0.208. The minimum absolute atomic E-state index is 0.251. The Morgan fingerprint density at radius 2 is 2.23 bits per heavy atom. The number of carboxylic acids is 1. The van der Waals surface area contributed by atoms with Gasteiger partial charge in [-0.3, -0.25) is 14.3 Å². The van der Waals surface area contributed by atoms with Gasteiger partial charge in [-0.15, -0.1) is 11.8 Å². The smallest absolute Gasteiger partial charge is 0.325 e. The molecule has 1 aromatic heterocycles. The maximum Gasteiger partial charge on any atom is 0.325 e. The van der Waals surface area contributed by atoms with E-state index in [-0.39, 0.29) is 12.5 Å². The van der Waals surface area contributed by atoms with Crippen LogP contribution in [-0.2, 0) is 16.1 Å². The van der Waals surface area contributed by atoms with Crippen LogP contribution in [0.5, 0.6) is 5.75 Å². The van der Waals surface area contributed by atoms with Crippen molar-refractivity contribution in [2.24, 2.45) is 0 Å². The zero-order valence-electron chi connectivity index (χ0n) is 11.4. The van der Waals surface area contributed by atoms with Gasteiger partial charge in [-0.05, 0) is 12.1 Å². The minimum Gasteiger partial charge on any atom is -0.480 e. The third-order valence-corrected chi connectivity index (χ3v) is 4.11. The molecule has 0 unspecified atom stereocenters. The Bertz CT molecular complexity index is 716. The second-order valence-electron chi connectivity index (χ2n) is 4.65. The monoisotopic (exact) mass is 319 g/mol. The van der Waals surface area contributed by atoms with E-state index in [2.05, 4.69) is 10.4 Å². The molecule has 22 heavy (non-hydrogen) atoms. The first-order valence-corrected chi connectivity index (χ1v) is 7.55. The van der Waals surface area contributed by atoms with Crippen LogP contribution in [0.15, 0.2) is 41.4 Å². The van der Waals surface area contributed by atoms with E-state index < -0.39 is 12.1 Å². The number of carboxylic acid groups (broad SMARTS) is 1. The van der Waals surface area contributed by atoms with Crippen LogP contribution in [0.2, 0.25) is 0 Å². The van der Waals surface area contributed by atoms with E-state index in [1.807, 2.05) is 24.3 Å². The number of aromatic nitrogens is 2. The molecule has 0 fully saturated rings. The van der Waals surface area contributed by atoms with Crippen LogP contribution < -0.4 is 10.1 Å². The predicted octanol–water partition coefficient (Wildman–Crippen LogP) is 1.46. The summed E-state index contributed by atoms with van der Waals surface area (Å²) in [5.41, 5.74) is 0. The van der Waals surface area contributed by atoms with Gasteiger partial charge >= 0.3 is 5.97 Å². The van der Waals surface area contributed by atoms with Crippen molar-refractivity contribution < 1.29 is 19.4 Å². The lowest BCUT2D eigenvalue weighted by Crippen LogP contribution is -2.36. The van der Waals surface area contributed by atoms with Crippen LogP contribution in [0, 0.1) is 0 Å². The van der Waals surface area contributed by atoms with E-state index in [1.54, 1.807) is 17.8 Å². The topological polar surface area (TPSA) is 93.5 Å². The molecule has 0 saturated heterocycles. The molecule has 0 aliphatic carbocycles. The van der Waals surface area contributed by atoms with Crippen LogP contribution in [-0.4, -0.2) is 38.6 Å². The fourth-order valence-electron chi connectivity index (χ4n) is 2.01. The quantitative estimate of drug-likeness (QED) is 0.886. The first-order valence-electron chi connectivity index (χ1n) is 6.56. The summed E-state index contributed by atoms with van der Waals surface area (Å²) in [5, 5.41) is 15.3. The maximum absolute atomic E-state index is 12.2. The number of benzene rings is 1. The lowest BCUT2D eigenvalue weighted by molar-refractivity contribution is -0.137. The highest BCUT2D eigenvalue weighted by Gasteiger charge is 2.26. The van der Waals surface area contributed by atoms with Crippen molar-refractivity contribution in [2.75, 3.05) is 11.1 Å². The number of fused-ring (bicyclic) bond motifs is 1. The number of para-hydroxylation sites is 1. The number of aliphatic carboxylic acids is 1. The van der Waals surface area contributed by atoms with Crippen LogP contribution in [0.4, 0.5) is 5.82 Å². The first kappa shape index (κ1) is 14.5. The molecule has 0 saturated carbocycles. The first-order chi connectivity index (χ1) is 10.6. The van der Waals surface area contributed by atoms with E-state index in [0.717, 1.165) is 4.90 Å². The molecule has 0 spiro atoms. The van der Waals surface area contributed by atoms with Crippen LogP contribution in [0.3, 0.4) is 0 Å². The van der Waals surface area contributed by atoms with Crippen molar-refractivity contribution in [2.45, 2.75) is 17.5 Å². The number of thioether (sulfide) groups is 1. The number of anilines is 1. The molecule has 2 aromatic rings. The lowest BCUT2D eigenvalue weighted by atomic mass is 10.3. The number of rotatable bonds is 4. The van der Waals surface area contributed by atoms with E-state index >= 15 is 0 Å². The number of hydrogen-bond acceptors (Lipinski definition) is 5. The van der Waals surface area contributed by atoms with Gasteiger partial charge in [0.05, 0.1) is 0 Å². The largest absolute Gasteiger partial charge is 0.480 e. The normalized spacial score (nSPS) is 16.5. The fourth-order valence-corrected chi connectivity index (χ4v) is 2.99. The third kappa shape index (κ3) is 3.22. The molecule has 1 aliphatic heterocycles. The van der Waals surface area contributed by atoms with Gasteiger partial charge in [0.2, 0.25) is 0 Å². The number of carbonyl (C=O) groups excluding carboxylic acids is 1. The highest BCUT2D eigenvalue weighted by molar-refractivity contribution is 7.99. The van der Waals surface area contributed by atoms with Crippen molar-refractivity contribution in [3.05, 3.63) is 36.5 Å². The minimum atomic E-state index is -0.996. The molecular formula is C14H13N3O4S. The zero-order valence-corrected chi connectivity index (χ0v) is 12.2. The van der Waals surface area contributed by atoms with Crippen LogP contribution in [0.1, 0.15) is 0 Å². The molecule has 0 bridgehead atoms. The number of amides is 1. The Morgan fingerprint density at radius 1 is 1.41 bits per heavy atom. The van der Waals surface area contributed by atoms with Crippen LogP contribution >= 0.6 is 11.8 Å². The second-order valence-corrected chi connectivity index (χ2v) is 5.71. The highest BCUT2D eigenvalue weighted by atomic mass is 32.2. The summed E-state index contributed by atoms with van der Waals surface area (Å²) in [6.45, 7) is -0.251. The molecule has 1 aliphatic rings. The Kier molecular flexibility index (Phi) is 4.01. The molecule has 1 amide bonds. The molecule has 1 aromatic carbocycles. The summed E-state index contributed by atoms with van der Waals surface area (Å²) in [6.07, 6.45) is 0.889. The molecule has 8 heteroatoms. The Labute approximate surface area is 130 Å². The fraction of sp³-hybridized carbons (Fsp3) is 0.214. The summed E-state index contributed by atoms with van der Waals surface area (Å²) in [6, 6.07) is 9.09. The summed E-state index contributed by atoms with van der Waals surface area (Å²) < 4.78 is 6.92. The van der Waals surface area contributed by atoms with E-state index in [9.17, 15) is 9.59 Å². The van der Waals surface area contributed by atoms with E-state index in [1.165, 1.54) is 10.9 Å². The molecule has 114 valence electrons. The molecule has 0 radical (unpaired) electrons. The van der Waals surface area contributed by atoms with Gasteiger partial charge in [0.25, 0.3) is 5.91 Å². The highest BCUT2D eigenvalue weighted by Crippen LogP contribution is 2.35. The molecule has 2 N–H and O–H groups in total. The number of ether oxygens (including phenoxy) is 1. The standard InChI is InChI=1S/C14H13N3O4S/c18-13(19)7-17-6-5-12(16-17)15-14(20)10-8-22-11-4-2-1-3-9(11)21-10/h1-6,10H,7-8H2,(H,18,19)(H,15,16,20)/t10-/m1/s1.